The molecule has 0 N–H and O–H groups in total. The molecular weight excluding hydrogens is 230 g/mol. The topological polar surface area (TPSA) is 51.3 Å². The first-order valence-electron chi connectivity index (χ1n) is 6.18. The van der Waals surface area contributed by atoms with Crippen molar-refractivity contribution in [2.75, 3.05) is 6.54 Å². The number of aromatic nitrogens is 2. The van der Waals surface area contributed by atoms with Gasteiger partial charge in [-0.2, -0.15) is 0 Å². The summed E-state index contributed by atoms with van der Waals surface area (Å²) in [5, 5.41) is 3.60. The highest BCUT2D eigenvalue weighted by molar-refractivity contribution is 5.91. The second-order valence-electron chi connectivity index (χ2n) is 4.43. The number of hydrogen-bond acceptors (Lipinski definition) is 3. The summed E-state index contributed by atoms with van der Waals surface area (Å²) in [6.45, 7) is 3.63. The lowest BCUT2D eigenvalue weighted by molar-refractivity contribution is 0.0575. The van der Waals surface area contributed by atoms with Crippen molar-refractivity contribution in [2.45, 2.75) is 25.9 Å². The monoisotopic (exact) mass is 245 g/mol. The Labute approximate surface area is 105 Å². The second-order valence-corrected chi connectivity index (χ2v) is 4.43. The summed E-state index contributed by atoms with van der Waals surface area (Å²) in [6.07, 6.45) is 4.46. The number of hydrogen-bond donors (Lipinski definition) is 0. The van der Waals surface area contributed by atoms with Gasteiger partial charge in [-0.15, -0.1) is 0 Å². The summed E-state index contributed by atoms with van der Waals surface area (Å²) in [5.41, 5.74) is 1.19. The van der Waals surface area contributed by atoms with E-state index in [9.17, 15) is 4.79 Å². The highest BCUT2D eigenvalue weighted by atomic mass is 16.5. The lowest BCUT2D eigenvalue weighted by Crippen LogP contribution is -2.41. The molecule has 0 fully saturated rings. The van der Waals surface area contributed by atoms with Crippen LogP contribution in [-0.2, 0) is 6.54 Å². The van der Waals surface area contributed by atoms with E-state index in [2.05, 4.69) is 28.9 Å². The summed E-state index contributed by atoms with van der Waals surface area (Å²) in [7, 11) is 0. The highest BCUT2D eigenvalue weighted by Gasteiger charge is 2.31. The van der Waals surface area contributed by atoms with Crippen LogP contribution in [0.5, 0.6) is 0 Å². The van der Waals surface area contributed by atoms with Gasteiger partial charge in [-0.25, -0.2) is 0 Å². The van der Waals surface area contributed by atoms with Gasteiger partial charge in [0.15, 0.2) is 0 Å². The van der Waals surface area contributed by atoms with Crippen LogP contribution < -0.4 is 0 Å². The van der Waals surface area contributed by atoms with E-state index in [1.54, 1.807) is 6.07 Å². The zero-order valence-electron chi connectivity index (χ0n) is 10.2. The summed E-state index contributed by atoms with van der Waals surface area (Å²) in [5.74, 6) is 0.236. The third-order valence-electron chi connectivity index (χ3n) is 3.46. The fourth-order valence-electron chi connectivity index (χ4n) is 2.60. The standard InChI is InChI=1S/C13H15N3O2/c1-2-10-11-4-3-7-15(11)8-9-16(10)13(17)12-5-6-14-18-12/h3-7,10H,2,8-9H2,1H3/t10-/m1/s1. The van der Waals surface area contributed by atoms with Crippen LogP contribution in [0.2, 0.25) is 0 Å². The van der Waals surface area contributed by atoms with Gasteiger partial charge in [-0.05, 0) is 18.6 Å². The smallest absolute Gasteiger partial charge is 0.293 e. The van der Waals surface area contributed by atoms with Crippen LogP contribution in [0.3, 0.4) is 0 Å². The van der Waals surface area contributed by atoms with Crippen molar-refractivity contribution in [1.82, 2.24) is 14.6 Å². The third kappa shape index (κ3) is 1.63. The Hall–Kier alpha value is -2.04. The molecule has 0 saturated carbocycles. The van der Waals surface area contributed by atoms with Gasteiger partial charge in [0.05, 0.1) is 12.2 Å². The zero-order valence-corrected chi connectivity index (χ0v) is 10.2. The van der Waals surface area contributed by atoms with Crippen molar-refractivity contribution in [1.29, 1.82) is 0 Å². The molecule has 2 aromatic rings. The van der Waals surface area contributed by atoms with E-state index < -0.39 is 0 Å². The number of carbonyl (C=O) groups excluding carboxylic acids is 1. The Bertz CT molecular complexity index is 544. The Morgan fingerprint density at radius 3 is 3.11 bits per heavy atom. The maximum atomic E-state index is 12.3. The molecule has 0 aliphatic carbocycles. The van der Waals surface area contributed by atoms with Crippen LogP contribution in [0, 0.1) is 0 Å². The highest BCUT2D eigenvalue weighted by Crippen LogP contribution is 2.29. The Kier molecular flexibility index (Phi) is 2.66. The summed E-state index contributed by atoms with van der Waals surface area (Å²) >= 11 is 0. The second kappa shape index (κ2) is 4.33. The van der Waals surface area contributed by atoms with E-state index in [1.165, 1.54) is 11.9 Å². The maximum Gasteiger partial charge on any atom is 0.293 e. The Balaban J connectivity index is 1.92. The first kappa shape index (κ1) is 11.1. The molecule has 3 rings (SSSR count). The summed E-state index contributed by atoms with van der Waals surface area (Å²) in [6, 6.07) is 5.84. The van der Waals surface area contributed by atoms with Crippen LogP contribution in [0.25, 0.3) is 0 Å². The van der Waals surface area contributed by atoms with Crippen molar-refractivity contribution in [2.24, 2.45) is 0 Å². The van der Waals surface area contributed by atoms with E-state index in [1.807, 2.05) is 11.0 Å². The van der Waals surface area contributed by atoms with Crippen molar-refractivity contribution in [3.8, 4) is 0 Å². The van der Waals surface area contributed by atoms with E-state index in [4.69, 9.17) is 4.52 Å². The van der Waals surface area contributed by atoms with Crippen molar-refractivity contribution < 1.29 is 9.32 Å². The van der Waals surface area contributed by atoms with Crippen molar-refractivity contribution in [3.05, 3.63) is 42.0 Å². The first-order valence-corrected chi connectivity index (χ1v) is 6.18. The number of fused-ring (bicyclic) bond motifs is 1. The number of rotatable bonds is 2. The lowest BCUT2D eigenvalue weighted by atomic mass is 10.1. The molecule has 94 valence electrons. The molecule has 18 heavy (non-hydrogen) atoms. The fraction of sp³-hybridized carbons (Fsp3) is 0.385. The SMILES string of the molecule is CC[C@@H]1c2cccn2CCN1C(=O)c1ccno1. The molecule has 0 saturated heterocycles. The number of amides is 1. The first-order chi connectivity index (χ1) is 8.81. The van der Waals surface area contributed by atoms with Gasteiger partial charge in [0.2, 0.25) is 5.76 Å². The van der Waals surface area contributed by atoms with Crippen LogP contribution in [-0.4, -0.2) is 27.1 Å². The van der Waals surface area contributed by atoms with E-state index in [0.717, 1.165) is 13.0 Å². The van der Waals surface area contributed by atoms with Gasteiger partial charge in [0.1, 0.15) is 0 Å². The molecule has 5 nitrogen and oxygen atoms in total. The molecule has 1 aliphatic heterocycles. The van der Waals surface area contributed by atoms with E-state index >= 15 is 0 Å². The van der Waals surface area contributed by atoms with E-state index in [-0.39, 0.29) is 11.9 Å². The fourth-order valence-corrected chi connectivity index (χ4v) is 2.60. The minimum absolute atomic E-state index is 0.0770. The molecule has 0 spiro atoms. The quantitative estimate of drug-likeness (QED) is 0.814. The van der Waals surface area contributed by atoms with Gasteiger partial charge < -0.3 is 14.0 Å². The van der Waals surface area contributed by atoms with Gasteiger partial charge in [-0.1, -0.05) is 12.1 Å². The van der Waals surface area contributed by atoms with Crippen molar-refractivity contribution >= 4 is 5.91 Å². The Morgan fingerprint density at radius 2 is 2.39 bits per heavy atom. The molecule has 1 atom stereocenters. The van der Waals surface area contributed by atoms with Gasteiger partial charge in [-0.3, -0.25) is 4.79 Å². The third-order valence-corrected chi connectivity index (χ3v) is 3.46. The maximum absolute atomic E-state index is 12.3. The predicted octanol–water partition coefficient (Wildman–Crippen LogP) is 2.08. The molecule has 1 amide bonds. The zero-order chi connectivity index (χ0) is 12.5. The molecule has 1 aliphatic rings. The molecule has 3 heterocycles. The van der Waals surface area contributed by atoms with E-state index in [0.29, 0.717) is 12.3 Å². The van der Waals surface area contributed by atoms with Gasteiger partial charge in [0.25, 0.3) is 5.91 Å². The lowest BCUT2D eigenvalue weighted by Gasteiger charge is -2.35. The van der Waals surface area contributed by atoms with Gasteiger partial charge >= 0.3 is 0 Å². The largest absolute Gasteiger partial charge is 0.351 e. The van der Waals surface area contributed by atoms with Crippen molar-refractivity contribution in [3.63, 3.8) is 0 Å². The molecule has 2 aromatic heterocycles. The molecule has 0 aromatic carbocycles. The normalized spacial score (nSPS) is 18.7. The average Bonchev–Trinajstić information content (AvgIpc) is 3.06. The average molecular weight is 245 g/mol. The minimum Gasteiger partial charge on any atom is -0.351 e. The molecular formula is C13H15N3O2. The number of nitrogens with zero attached hydrogens (tertiary/aromatic N) is 3. The molecule has 0 radical (unpaired) electrons. The Morgan fingerprint density at radius 1 is 1.50 bits per heavy atom. The molecule has 0 bridgehead atoms. The van der Waals surface area contributed by atoms with Gasteiger partial charge in [0, 0.05) is 31.0 Å². The van der Waals surface area contributed by atoms with Crippen LogP contribution in [0.1, 0.15) is 35.6 Å². The van der Waals surface area contributed by atoms with Crippen LogP contribution in [0.4, 0.5) is 0 Å². The minimum atomic E-state index is -0.0770. The summed E-state index contributed by atoms with van der Waals surface area (Å²) < 4.78 is 7.17. The predicted molar refractivity (Wildman–Crippen MR) is 65.0 cm³/mol. The molecule has 5 heteroatoms. The summed E-state index contributed by atoms with van der Waals surface area (Å²) in [4.78, 5) is 14.2. The molecule has 0 unspecified atom stereocenters. The number of carbonyl (C=O) groups is 1. The van der Waals surface area contributed by atoms with Crippen LogP contribution in [0.15, 0.2) is 35.1 Å². The van der Waals surface area contributed by atoms with Crippen LogP contribution >= 0.6 is 0 Å².